The molecule has 134 valence electrons. The second kappa shape index (κ2) is 5.48. The SMILES string of the molecule is C[C@]12CCC(NC(=O)O)CC1=CCC1C2CC[C@@]2(C)C1CC[C@@H]2O. The van der Waals surface area contributed by atoms with Gasteiger partial charge in [0, 0.05) is 6.04 Å². The van der Waals surface area contributed by atoms with Gasteiger partial charge in [-0.25, -0.2) is 4.79 Å². The maximum atomic E-state index is 11.0. The van der Waals surface area contributed by atoms with E-state index in [1.165, 1.54) is 18.4 Å². The maximum absolute atomic E-state index is 11.0. The number of carboxylic acid groups (broad SMARTS) is 1. The lowest BCUT2D eigenvalue weighted by molar-refractivity contribution is -0.0670. The van der Waals surface area contributed by atoms with Crippen LogP contribution in [-0.4, -0.2) is 28.5 Å². The Balaban J connectivity index is 1.59. The predicted molar refractivity (Wildman–Crippen MR) is 92.7 cm³/mol. The highest BCUT2D eigenvalue weighted by Gasteiger charge is 2.58. The van der Waals surface area contributed by atoms with Gasteiger partial charge in [-0.2, -0.15) is 0 Å². The Labute approximate surface area is 144 Å². The Morgan fingerprint density at radius 3 is 2.71 bits per heavy atom. The first kappa shape index (κ1) is 16.4. The highest BCUT2D eigenvalue weighted by molar-refractivity contribution is 5.65. The summed E-state index contributed by atoms with van der Waals surface area (Å²) in [7, 11) is 0. The molecule has 4 aliphatic carbocycles. The van der Waals surface area contributed by atoms with Crippen LogP contribution in [0.25, 0.3) is 0 Å². The largest absolute Gasteiger partial charge is 0.465 e. The van der Waals surface area contributed by atoms with Crippen LogP contribution in [0.3, 0.4) is 0 Å². The molecular weight excluding hydrogens is 302 g/mol. The fraction of sp³-hybridized carbons (Fsp3) is 0.850. The smallest absolute Gasteiger partial charge is 0.404 e. The van der Waals surface area contributed by atoms with E-state index in [-0.39, 0.29) is 23.0 Å². The summed E-state index contributed by atoms with van der Waals surface area (Å²) in [5, 5.41) is 22.2. The molecule has 4 heteroatoms. The van der Waals surface area contributed by atoms with Crippen LogP contribution in [0.1, 0.15) is 65.2 Å². The minimum absolute atomic E-state index is 0.0838. The second-order valence-electron chi connectivity index (χ2n) is 9.29. The van der Waals surface area contributed by atoms with E-state index < -0.39 is 6.09 Å². The molecule has 0 heterocycles. The van der Waals surface area contributed by atoms with Crippen molar-refractivity contribution in [1.29, 1.82) is 0 Å². The van der Waals surface area contributed by atoms with Crippen molar-refractivity contribution in [2.75, 3.05) is 0 Å². The van der Waals surface area contributed by atoms with Gasteiger partial charge in [0.15, 0.2) is 0 Å². The molecule has 0 aromatic heterocycles. The average Bonchev–Trinajstić information content (AvgIpc) is 2.83. The third-order valence-electron chi connectivity index (χ3n) is 8.38. The Bertz CT molecular complexity index is 573. The molecule has 3 fully saturated rings. The van der Waals surface area contributed by atoms with Gasteiger partial charge in [-0.1, -0.05) is 25.5 Å². The first-order valence-corrected chi connectivity index (χ1v) is 9.71. The number of fused-ring (bicyclic) bond motifs is 5. The molecular formula is C20H31NO3. The summed E-state index contributed by atoms with van der Waals surface area (Å²) in [6.07, 6.45) is 10.0. The van der Waals surface area contributed by atoms with Gasteiger partial charge in [0.05, 0.1) is 6.10 Å². The number of allylic oxidation sites excluding steroid dienone is 1. The minimum Gasteiger partial charge on any atom is -0.465 e. The average molecular weight is 333 g/mol. The molecule has 0 aliphatic heterocycles. The first-order valence-electron chi connectivity index (χ1n) is 9.71. The number of nitrogens with one attached hydrogen (secondary N) is 1. The molecule has 4 unspecified atom stereocenters. The molecule has 0 aromatic carbocycles. The Hall–Kier alpha value is -1.03. The Kier molecular flexibility index (Phi) is 3.76. The van der Waals surface area contributed by atoms with E-state index in [1.54, 1.807) is 0 Å². The molecule has 4 rings (SSSR count). The Morgan fingerprint density at radius 2 is 1.96 bits per heavy atom. The molecule has 4 aliphatic rings. The van der Waals surface area contributed by atoms with Gasteiger partial charge in [-0.3, -0.25) is 0 Å². The summed E-state index contributed by atoms with van der Waals surface area (Å²) < 4.78 is 0. The van der Waals surface area contributed by atoms with Gasteiger partial charge in [-0.05, 0) is 80.0 Å². The third kappa shape index (κ3) is 2.25. The minimum atomic E-state index is -0.897. The first-order chi connectivity index (χ1) is 11.3. The molecule has 0 aromatic rings. The van der Waals surface area contributed by atoms with Crippen molar-refractivity contribution in [3.8, 4) is 0 Å². The van der Waals surface area contributed by atoms with Crippen molar-refractivity contribution in [2.45, 2.75) is 77.4 Å². The summed E-state index contributed by atoms with van der Waals surface area (Å²) >= 11 is 0. The number of aliphatic hydroxyl groups is 1. The molecule has 0 radical (unpaired) electrons. The summed E-state index contributed by atoms with van der Waals surface area (Å²) in [5.74, 6) is 2.08. The van der Waals surface area contributed by atoms with Gasteiger partial charge in [-0.15, -0.1) is 0 Å². The lowest BCUT2D eigenvalue weighted by Crippen LogP contribution is -2.52. The van der Waals surface area contributed by atoms with E-state index in [1.807, 2.05) is 0 Å². The quantitative estimate of drug-likeness (QED) is 0.636. The van der Waals surface area contributed by atoms with Crippen LogP contribution in [0.5, 0.6) is 0 Å². The van der Waals surface area contributed by atoms with Crippen molar-refractivity contribution in [2.24, 2.45) is 28.6 Å². The zero-order valence-electron chi connectivity index (χ0n) is 14.9. The summed E-state index contributed by atoms with van der Waals surface area (Å²) in [4.78, 5) is 11.0. The number of rotatable bonds is 1. The lowest BCUT2D eigenvalue weighted by Gasteiger charge is -2.57. The monoisotopic (exact) mass is 333 g/mol. The molecule has 4 nitrogen and oxygen atoms in total. The van der Waals surface area contributed by atoms with Crippen LogP contribution in [0.4, 0.5) is 4.79 Å². The van der Waals surface area contributed by atoms with Gasteiger partial charge in [0.2, 0.25) is 0 Å². The highest BCUT2D eigenvalue weighted by Crippen LogP contribution is 2.64. The van der Waals surface area contributed by atoms with E-state index >= 15 is 0 Å². The van der Waals surface area contributed by atoms with Crippen LogP contribution < -0.4 is 5.32 Å². The zero-order valence-corrected chi connectivity index (χ0v) is 14.9. The van der Waals surface area contributed by atoms with Crippen molar-refractivity contribution >= 4 is 6.09 Å². The van der Waals surface area contributed by atoms with Crippen LogP contribution in [0.15, 0.2) is 11.6 Å². The van der Waals surface area contributed by atoms with Gasteiger partial charge in [0.25, 0.3) is 0 Å². The normalized spacial score (nSPS) is 50.3. The van der Waals surface area contributed by atoms with Crippen LogP contribution in [-0.2, 0) is 0 Å². The van der Waals surface area contributed by atoms with E-state index in [0.717, 1.165) is 38.5 Å². The molecule has 0 bridgehead atoms. The lowest BCUT2D eigenvalue weighted by atomic mass is 9.48. The van der Waals surface area contributed by atoms with E-state index in [2.05, 4.69) is 25.2 Å². The fourth-order valence-corrected chi connectivity index (χ4v) is 6.93. The molecule has 0 spiro atoms. The van der Waals surface area contributed by atoms with Gasteiger partial charge >= 0.3 is 6.09 Å². The summed E-state index contributed by atoms with van der Waals surface area (Å²) in [6, 6.07) is 0.0838. The number of carbonyl (C=O) groups is 1. The van der Waals surface area contributed by atoms with Crippen LogP contribution in [0, 0.1) is 28.6 Å². The third-order valence-corrected chi connectivity index (χ3v) is 8.38. The van der Waals surface area contributed by atoms with Crippen molar-refractivity contribution in [3.63, 3.8) is 0 Å². The van der Waals surface area contributed by atoms with E-state index in [9.17, 15) is 9.90 Å². The van der Waals surface area contributed by atoms with E-state index in [4.69, 9.17) is 5.11 Å². The molecule has 7 atom stereocenters. The molecule has 3 saturated carbocycles. The van der Waals surface area contributed by atoms with Gasteiger partial charge < -0.3 is 15.5 Å². The standard InChI is InChI=1S/C20H31NO3/c1-19-9-7-13(21-18(23)24)11-12(19)3-4-14-15-5-6-17(22)20(15,2)10-8-16(14)19/h3,13-17,21-22H,4-11H2,1-2H3,(H,23,24)/t13?,14?,15?,16?,17-,19-,20-/m0/s1. The maximum Gasteiger partial charge on any atom is 0.404 e. The molecule has 0 saturated heterocycles. The summed E-state index contributed by atoms with van der Waals surface area (Å²) in [5.41, 5.74) is 1.87. The van der Waals surface area contributed by atoms with E-state index in [0.29, 0.717) is 17.8 Å². The highest BCUT2D eigenvalue weighted by atomic mass is 16.4. The Morgan fingerprint density at radius 1 is 1.17 bits per heavy atom. The van der Waals surface area contributed by atoms with Crippen molar-refractivity contribution in [3.05, 3.63) is 11.6 Å². The zero-order chi connectivity index (χ0) is 17.1. The van der Waals surface area contributed by atoms with Crippen molar-refractivity contribution < 1.29 is 15.0 Å². The fourth-order valence-electron chi connectivity index (χ4n) is 6.93. The predicted octanol–water partition coefficient (Wildman–Crippen LogP) is 3.95. The number of aliphatic hydroxyl groups excluding tert-OH is 1. The number of hydrogen-bond acceptors (Lipinski definition) is 2. The van der Waals surface area contributed by atoms with Gasteiger partial charge in [0.1, 0.15) is 0 Å². The van der Waals surface area contributed by atoms with Crippen LogP contribution in [0.2, 0.25) is 0 Å². The second-order valence-corrected chi connectivity index (χ2v) is 9.29. The summed E-state index contributed by atoms with van der Waals surface area (Å²) in [6.45, 7) is 4.75. The number of hydrogen-bond donors (Lipinski definition) is 3. The molecule has 1 amide bonds. The topological polar surface area (TPSA) is 69.6 Å². The number of amides is 1. The van der Waals surface area contributed by atoms with Crippen molar-refractivity contribution in [1.82, 2.24) is 5.32 Å². The van der Waals surface area contributed by atoms with Crippen LogP contribution >= 0.6 is 0 Å². The molecule has 24 heavy (non-hydrogen) atoms. The molecule has 3 N–H and O–H groups in total.